The van der Waals surface area contributed by atoms with Gasteiger partial charge in [0.15, 0.2) is 0 Å². The van der Waals surface area contributed by atoms with E-state index in [1.54, 1.807) is 18.2 Å². The lowest BCUT2D eigenvalue weighted by molar-refractivity contribution is 1.21. The highest BCUT2D eigenvalue weighted by molar-refractivity contribution is 6.31. The molecule has 0 fully saturated rings. The molecule has 0 amide bonds. The highest BCUT2D eigenvalue weighted by atomic mass is 35.5. The maximum Gasteiger partial charge on any atom is 0.223 e. The minimum atomic E-state index is -0.243. The van der Waals surface area contributed by atoms with Gasteiger partial charge in [0.2, 0.25) is 11.4 Å². The molecule has 18 heavy (non-hydrogen) atoms. The van der Waals surface area contributed by atoms with Crippen LogP contribution in [0.25, 0.3) is 21.9 Å². The van der Waals surface area contributed by atoms with Gasteiger partial charge >= 0.3 is 0 Å². The summed E-state index contributed by atoms with van der Waals surface area (Å²) in [5.41, 5.74) is 11.8. The second kappa shape index (κ2) is 3.58. The van der Waals surface area contributed by atoms with Crippen molar-refractivity contribution in [2.75, 3.05) is 11.5 Å². The zero-order valence-corrected chi connectivity index (χ0v) is 9.82. The van der Waals surface area contributed by atoms with Crippen molar-refractivity contribution in [3.05, 3.63) is 33.4 Å². The lowest BCUT2D eigenvalue weighted by Crippen LogP contribution is -2.11. The molecule has 0 aliphatic carbocycles. The van der Waals surface area contributed by atoms with Gasteiger partial charge in [0.25, 0.3) is 0 Å². The number of H-pyrrole nitrogens is 1. The van der Waals surface area contributed by atoms with Crippen molar-refractivity contribution in [2.24, 2.45) is 0 Å². The normalized spacial score (nSPS) is 11.2. The van der Waals surface area contributed by atoms with Gasteiger partial charge in [0.05, 0.1) is 5.52 Å². The fourth-order valence-electron chi connectivity index (χ4n) is 1.89. The van der Waals surface area contributed by atoms with Crippen molar-refractivity contribution in [3.8, 4) is 0 Å². The summed E-state index contributed by atoms with van der Waals surface area (Å²) in [5, 5.41) is 1.23. The van der Waals surface area contributed by atoms with Gasteiger partial charge in [-0.25, -0.2) is 0 Å². The number of nitrogens with one attached hydrogen (secondary N) is 1. The number of nitrogens with two attached hydrogens (primary N) is 2. The summed E-state index contributed by atoms with van der Waals surface area (Å²) in [4.78, 5) is 23.0. The smallest absolute Gasteiger partial charge is 0.223 e. The predicted molar refractivity (Wildman–Crippen MR) is 71.5 cm³/mol. The SMILES string of the molecule is Nc1nc(N)c2c(=O)c3ccc(Cl)cc3[nH]c2n1. The van der Waals surface area contributed by atoms with Crippen molar-refractivity contribution < 1.29 is 0 Å². The number of nitrogen functional groups attached to an aromatic ring is 2. The van der Waals surface area contributed by atoms with E-state index in [2.05, 4.69) is 15.0 Å². The third-order valence-electron chi connectivity index (χ3n) is 2.66. The third kappa shape index (κ3) is 1.46. The average Bonchev–Trinajstić information content (AvgIpc) is 2.27. The molecule has 6 nitrogen and oxygen atoms in total. The van der Waals surface area contributed by atoms with E-state index in [4.69, 9.17) is 23.1 Å². The van der Waals surface area contributed by atoms with Crippen LogP contribution in [0.5, 0.6) is 0 Å². The van der Waals surface area contributed by atoms with Gasteiger partial charge in [-0.05, 0) is 18.2 Å². The Balaban J connectivity index is 2.61. The topological polar surface area (TPSA) is 111 Å². The Labute approximate surface area is 106 Å². The molecule has 0 aliphatic heterocycles. The van der Waals surface area contributed by atoms with Crippen LogP contribution in [0.1, 0.15) is 0 Å². The molecule has 3 rings (SSSR count). The Bertz CT molecular complexity index is 842. The van der Waals surface area contributed by atoms with Crippen LogP contribution in [0.15, 0.2) is 23.0 Å². The Morgan fingerprint density at radius 1 is 1.22 bits per heavy atom. The maximum atomic E-state index is 12.3. The largest absolute Gasteiger partial charge is 0.383 e. The number of pyridine rings is 1. The molecule has 0 saturated carbocycles. The van der Waals surface area contributed by atoms with Gasteiger partial charge in [-0.1, -0.05) is 11.6 Å². The van der Waals surface area contributed by atoms with E-state index < -0.39 is 0 Å². The van der Waals surface area contributed by atoms with E-state index in [1.165, 1.54) is 0 Å². The van der Waals surface area contributed by atoms with Crippen molar-refractivity contribution in [1.29, 1.82) is 0 Å². The highest BCUT2D eigenvalue weighted by Crippen LogP contribution is 2.20. The summed E-state index contributed by atoms with van der Waals surface area (Å²) in [6.45, 7) is 0. The van der Waals surface area contributed by atoms with Gasteiger partial charge in [-0.15, -0.1) is 0 Å². The number of anilines is 2. The van der Waals surface area contributed by atoms with Crippen molar-refractivity contribution in [2.45, 2.75) is 0 Å². The fourth-order valence-corrected chi connectivity index (χ4v) is 2.06. The fraction of sp³-hybridized carbons (Fsp3) is 0. The predicted octanol–water partition coefficient (Wildman–Crippen LogP) is 1.29. The van der Waals surface area contributed by atoms with Crippen LogP contribution < -0.4 is 16.9 Å². The second-order valence-electron chi connectivity index (χ2n) is 3.83. The van der Waals surface area contributed by atoms with Crippen LogP contribution in [0.4, 0.5) is 11.8 Å². The highest BCUT2D eigenvalue weighted by Gasteiger charge is 2.11. The third-order valence-corrected chi connectivity index (χ3v) is 2.90. The second-order valence-corrected chi connectivity index (χ2v) is 4.27. The van der Waals surface area contributed by atoms with Gasteiger partial charge < -0.3 is 16.5 Å². The zero-order chi connectivity index (χ0) is 12.9. The molecule has 0 radical (unpaired) electrons. The maximum absolute atomic E-state index is 12.3. The van der Waals surface area contributed by atoms with Crippen molar-refractivity contribution >= 4 is 45.3 Å². The molecule has 0 aliphatic rings. The molecular weight excluding hydrogens is 254 g/mol. The Kier molecular flexibility index (Phi) is 2.14. The van der Waals surface area contributed by atoms with Crippen LogP contribution in [0.3, 0.4) is 0 Å². The summed E-state index contributed by atoms with van der Waals surface area (Å²) in [6.07, 6.45) is 0. The van der Waals surface area contributed by atoms with E-state index in [1.807, 2.05) is 0 Å². The molecular formula is C11H8ClN5O. The number of aromatic amines is 1. The summed E-state index contributed by atoms with van der Waals surface area (Å²) >= 11 is 5.88. The van der Waals surface area contributed by atoms with Crippen molar-refractivity contribution in [1.82, 2.24) is 15.0 Å². The molecule has 1 aromatic carbocycles. The van der Waals surface area contributed by atoms with E-state index in [9.17, 15) is 4.79 Å². The van der Waals surface area contributed by atoms with Crippen LogP contribution in [-0.4, -0.2) is 15.0 Å². The summed E-state index contributed by atoms with van der Waals surface area (Å²) in [6, 6.07) is 4.91. The summed E-state index contributed by atoms with van der Waals surface area (Å²) in [7, 11) is 0. The quantitative estimate of drug-likeness (QED) is 0.528. The van der Waals surface area contributed by atoms with Crippen LogP contribution >= 0.6 is 11.6 Å². The van der Waals surface area contributed by atoms with Gasteiger partial charge in [-0.3, -0.25) is 4.79 Å². The van der Waals surface area contributed by atoms with Crippen LogP contribution in [0.2, 0.25) is 5.02 Å². The van der Waals surface area contributed by atoms with Gasteiger partial charge in [0.1, 0.15) is 16.9 Å². The van der Waals surface area contributed by atoms with Crippen LogP contribution in [-0.2, 0) is 0 Å². The number of hydrogen-bond acceptors (Lipinski definition) is 5. The Hall–Kier alpha value is -2.34. The Morgan fingerprint density at radius 2 is 2.00 bits per heavy atom. The monoisotopic (exact) mass is 261 g/mol. The van der Waals surface area contributed by atoms with E-state index in [-0.39, 0.29) is 22.6 Å². The van der Waals surface area contributed by atoms with E-state index in [0.29, 0.717) is 21.6 Å². The number of nitrogens with zero attached hydrogens (tertiary/aromatic N) is 2. The first-order valence-corrected chi connectivity index (χ1v) is 5.48. The number of benzene rings is 1. The molecule has 2 heterocycles. The number of rotatable bonds is 0. The molecule has 0 bridgehead atoms. The van der Waals surface area contributed by atoms with Crippen molar-refractivity contribution in [3.63, 3.8) is 0 Å². The first-order valence-electron chi connectivity index (χ1n) is 5.10. The minimum absolute atomic E-state index is 0.0111. The minimum Gasteiger partial charge on any atom is -0.383 e. The Morgan fingerprint density at radius 3 is 2.78 bits per heavy atom. The van der Waals surface area contributed by atoms with E-state index >= 15 is 0 Å². The average molecular weight is 262 g/mol. The first kappa shape index (κ1) is 10.8. The van der Waals surface area contributed by atoms with Crippen LogP contribution in [0, 0.1) is 0 Å². The molecule has 3 aromatic rings. The lowest BCUT2D eigenvalue weighted by atomic mass is 10.1. The molecule has 90 valence electrons. The van der Waals surface area contributed by atoms with E-state index in [0.717, 1.165) is 0 Å². The molecule has 7 heteroatoms. The molecule has 0 spiro atoms. The van der Waals surface area contributed by atoms with Gasteiger partial charge in [-0.2, -0.15) is 9.97 Å². The number of fused-ring (bicyclic) bond motifs is 2. The van der Waals surface area contributed by atoms with Gasteiger partial charge in [0, 0.05) is 10.4 Å². The standard InChI is InChI=1S/C11H8ClN5O/c12-4-1-2-5-6(3-4)15-10-7(8(5)18)9(13)16-11(14)17-10/h1-3H,(H5,13,14,15,16,17,18). The first-order chi connectivity index (χ1) is 8.56. The molecule has 2 aromatic heterocycles. The molecule has 0 saturated heterocycles. The molecule has 5 N–H and O–H groups in total. The summed E-state index contributed by atoms with van der Waals surface area (Å²) in [5.74, 6) is 0.0765. The molecule has 0 unspecified atom stereocenters. The number of halogens is 1. The summed E-state index contributed by atoms with van der Waals surface area (Å²) < 4.78 is 0. The zero-order valence-electron chi connectivity index (χ0n) is 9.07. The molecule has 0 atom stereocenters. The number of aromatic nitrogens is 3. The number of hydrogen-bond donors (Lipinski definition) is 3. The lowest BCUT2D eigenvalue weighted by Gasteiger charge is -2.04.